The summed E-state index contributed by atoms with van der Waals surface area (Å²) >= 11 is 0. The van der Waals surface area contributed by atoms with E-state index in [1.807, 2.05) is 52.0 Å². The topological polar surface area (TPSA) is 75.5 Å². The van der Waals surface area contributed by atoms with Crippen LogP contribution in [0.25, 0.3) is 5.52 Å². The summed E-state index contributed by atoms with van der Waals surface area (Å²) in [5, 5.41) is 5.81. The van der Waals surface area contributed by atoms with Crippen molar-refractivity contribution >= 4 is 23.0 Å². The number of carbonyl (C=O) groups excluding carboxylic acids is 2. The van der Waals surface area contributed by atoms with Gasteiger partial charge in [0.05, 0.1) is 5.52 Å². The zero-order valence-electron chi connectivity index (χ0n) is 16.0. The lowest BCUT2D eigenvalue weighted by Gasteiger charge is -2.12. The molecule has 2 amide bonds. The second kappa shape index (κ2) is 7.61. The highest BCUT2D eigenvalue weighted by Crippen LogP contribution is 2.22. The van der Waals surface area contributed by atoms with Crippen molar-refractivity contribution in [1.29, 1.82) is 0 Å². The first-order valence-corrected chi connectivity index (χ1v) is 9.10. The summed E-state index contributed by atoms with van der Waals surface area (Å²) in [6.45, 7) is 7.77. The molecule has 0 fully saturated rings. The Morgan fingerprint density at radius 1 is 1.11 bits per heavy atom. The summed E-state index contributed by atoms with van der Waals surface area (Å²) in [6.07, 6.45) is 2.55. The number of anilines is 1. The first kappa shape index (κ1) is 18.6. The number of benzene rings is 1. The molecule has 0 saturated heterocycles. The second-order valence-corrected chi connectivity index (χ2v) is 6.78. The number of carbonyl (C=O) groups is 2. The lowest BCUT2D eigenvalue weighted by molar-refractivity contribution is 0.0940. The van der Waals surface area contributed by atoms with Crippen molar-refractivity contribution in [3.05, 3.63) is 65.2 Å². The van der Waals surface area contributed by atoms with Gasteiger partial charge in [-0.15, -0.1) is 0 Å². The maximum absolute atomic E-state index is 13.0. The van der Waals surface area contributed by atoms with Gasteiger partial charge in [-0.25, -0.2) is 4.98 Å². The number of aryl methyl sites for hydroxylation is 2. The molecule has 6 nitrogen and oxygen atoms in total. The average molecular weight is 364 g/mol. The highest BCUT2D eigenvalue weighted by Gasteiger charge is 2.22. The zero-order valence-corrected chi connectivity index (χ0v) is 16.0. The molecule has 0 bridgehead atoms. The van der Waals surface area contributed by atoms with Crippen LogP contribution in [-0.2, 0) is 6.42 Å². The van der Waals surface area contributed by atoms with E-state index in [2.05, 4.69) is 15.6 Å². The lowest BCUT2D eigenvalue weighted by atomic mass is 10.1. The van der Waals surface area contributed by atoms with Gasteiger partial charge in [0.15, 0.2) is 5.69 Å². The molecule has 0 aliphatic rings. The van der Waals surface area contributed by atoms with Crippen molar-refractivity contribution in [1.82, 2.24) is 14.7 Å². The van der Waals surface area contributed by atoms with E-state index in [4.69, 9.17) is 0 Å². The summed E-state index contributed by atoms with van der Waals surface area (Å²) in [7, 11) is 0. The minimum atomic E-state index is -0.344. The molecule has 1 aromatic carbocycles. The maximum Gasteiger partial charge on any atom is 0.292 e. The van der Waals surface area contributed by atoms with Crippen LogP contribution in [0.3, 0.4) is 0 Å². The Morgan fingerprint density at radius 2 is 1.89 bits per heavy atom. The predicted molar refractivity (Wildman–Crippen MR) is 106 cm³/mol. The third kappa shape index (κ3) is 3.69. The highest BCUT2D eigenvalue weighted by molar-refractivity contribution is 6.06. The third-order valence-corrected chi connectivity index (χ3v) is 4.36. The van der Waals surface area contributed by atoms with Crippen LogP contribution in [0.15, 0.2) is 42.6 Å². The fraction of sp³-hybridized carbons (Fsp3) is 0.286. The molecule has 2 heterocycles. The standard InChI is InChI=1S/C21H24N4O2/c1-5-15-10-8-9-14(4)17(15)24-21(27)19-23-18(20(26)22-13(2)3)16-11-6-7-12-25(16)19/h6-13H,5H2,1-4H3,(H,22,26)(H,24,27). The van der Waals surface area contributed by atoms with Gasteiger partial charge in [0.2, 0.25) is 5.82 Å². The second-order valence-electron chi connectivity index (χ2n) is 6.78. The van der Waals surface area contributed by atoms with Gasteiger partial charge in [0, 0.05) is 17.9 Å². The quantitative estimate of drug-likeness (QED) is 0.726. The van der Waals surface area contributed by atoms with Crippen molar-refractivity contribution in [2.24, 2.45) is 0 Å². The van der Waals surface area contributed by atoms with E-state index in [1.54, 1.807) is 22.7 Å². The normalized spacial score (nSPS) is 11.0. The predicted octanol–water partition coefficient (Wildman–Crippen LogP) is 3.60. The fourth-order valence-corrected chi connectivity index (χ4v) is 3.07. The summed E-state index contributed by atoms with van der Waals surface area (Å²) in [5.41, 5.74) is 3.69. The Morgan fingerprint density at radius 3 is 2.59 bits per heavy atom. The SMILES string of the molecule is CCc1cccc(C)c1NC(=O)c1nc(C(=O)NC(C)C)c2ccccn12. The fourth-order valence-electron chi connectivity index (χ4n) is 3.07. The van der Waals surface area contributed by atoms with Crippen molar-refractivity contribution in [3.63, 3.8) is 0 Å². The minimum Gasteiger partial charge on any atom is -0.348 e. The lowest BCUT2D eigenvalue weighted by Crippen LogP contribution is -2.30. The third-order valence-electron chi connectivity index (χ3n) is 4.36. The smallest absolute Gasteiger partial charge is 0.292 e. The molecule has 3 rings (SSSR count). The van der Waals surface area contributed by atoms with E-state index in [0.29, 0.717) is 5.52 Å². The molecule has 0 spiro atoms. The Labute approximate surface area is 158 Å². The number of hydrogen-bond donors (Lipinski definition) is 2. The summed E-state index contributed by atoms with van der Waals surface area (Å²) in [4.78, 5) is 29.8. The number of nitrogens with zero attached hydrogens (tertiary/aromatic N) is 2. The highest BCUT2D eigenvalue weighted by atomic mass is 16.2. The van der Waals surface area contributed by atoms with E-state index in [0.717, 1.165) is 23.2 Å². The molecule has 0 aliphatic heterocycles. The number of rotatable bonds is 5. The molecule has 2 N–H and O–H groups in total. The molecule has 27 heavy (non-hydrogen) atoms. The molecular weight excluding hydrogens is 340 g/mol. The first-order valence-electron chi connectivity index (χ1n) is 9.10. The van der Waals surface area contributed by atoms with E-state index < -0.39 is 0 Å². The number of nitrogens with one attached hydrogen (secondary N) is 2. The Balaban J connectivity index is 2.02. The first-order chi connectivity index (χ1) is 12.9. The molecular formula is C21H24N4O2. The number of imidazole rings is 1. The van der Waals surface area contributed by atoms with Gasteiger partial charge in [0.1, 0.15) is 0 Å². The van der Waals surface area contributed by atoms with Crippen LogP contribution in [0.5, 0.6) is 0 Å². The van der Waals surface area contributed by atoms with Crippen molar-refractivity contribution in [2.75, 3.05) is 5.32 Å². The van der Waals surface area contributed by atoms with Gasteiger partial charge in [-0.1, -0.05) is 31.2 Å². The molecule has 0 unspecified atom stereocenters. The maximum atomic E-state index is 13.0. The number of amides is 2. The van der Waals surface area contributed by atoms with E-state index >= 15 is 0 Å². The van der Waals surface area contributed by atoms with Crippen LogP contribution in [-0.4, -0.2) is 27.2 Å². The molecule has 6 heteroatoms. The van der Waals surface area contributed by atoms with Gasteiger partial charge < -0.3 is 10.6 Å². The monoisotopic (exact) mass is 364 g/mol. The molecule has 0 radical (unpaired) electrons. The van der Waals surface area contributed by atoms with Crippen LogP contribution in [0.2, 0.25) is 0 Å². The summed E-state index contributed by atoms with van der Waals surface area (Å²) in [5.74, 6) is -0.452. The molecule has 0 saturated carbocycles. The van der Waals surface area contributed by atoms with Gasteiger partial charge in [-0.3, -0.25) is 14.0 Å². The average Bonchev–Trinajstić information content (AvgIpc) is 3.02. The number of aromatic nitrogens is 2. The van der Waals surface area contributed by atoms with E-state index in [1.165, 1.54) is 0 Å². The Kier molecular flexibility index (Phi) is 5.26. The number of hydrogen-bond acceptors (Lipinski definition) is 3. The molecule has 140 valence electrons. The molecule has 3 aromatic rings. The summed E-state index contributed by atoms with van der Waals surface area (Å²) < 4.78 is 1.65. The van der Waals surface area contributed by atoms with Crippen LogP contribution in [0.1, 0.15) is 53.0 Å². The van der Waals surface area contributed by atoms with Gasteiger partial charge in [-0.2, -0.15) is 0 Å². The van der Waals surface area contributed by atoms with Crippen LogP contribution < -0.4 is 10.6 Å². The number of pyridine rings is 1. The Bertz CT molecular complexity index is 1000. The van der Waals surface area contributed by atoms with E-state index in [-0.39, 0.29) is 29.4 Å². The van der Waals surface area contributed by atoms with Gasteiger partial charge >= 0.3 is 0 Å². The van der Waals surface area contributed by atoms with Crippen molar-refractivity contribution in [2.45, 2.75) is 40.2 Å². The van der Waals surface area contributed by atoms with Crippen LogP contribution in [0, 0.1) is 6.92 Å². The number of fused-ring (bicyclic) bond motifs is 1. The zero-order chi connectivity index (χ0) is 19.6. The van der Waals surface area contributed by atoms with Gasteiger partial charge in [-0.05, 0) is 50.5 Å². The summed E-state index contributed by atoms with van der Waals surface area (Å²) in [6, 6.07) is 11.3. The number of para-hydroxylation sites is 1. The van der Waals surface area contributed by atoms with Crippen molar-refractivity contribution in [3.8, 4) is 0 Å². The van der Waals surface area contributed by atoms with Crippen LogP contribution >= 0.6 is 0 Å². The molecule has 2 aromatic heterocycles. The minimum absolute atomic E-state index is 0.0191. The van der Waals surface area contributed by atoms with Crippen LogP contribution in [0.4, 0.5) is 5.69 Å². The molecule has 0 atom stereocenters. The molecule has 0 aliphatic carbocycles. The Hall–Kier alpha value is -3.15. The van der Waals surface area contributed by atoms with Crippen molar-refractivity contribution < 1.29 is 9.59 Å². The largest absolute Gasteiger partial charge is 0.348 e. The van der Waals surface area contributed by atoms with E-state index in [9.17, 15) is 9.59 Å². The van der Waals surface area contributed by atoms with Gasteiger partial charge in [0.25, 0.3) is 11.8 Å².